The Balaban J connectivity index is 1.75. The minimum absolute atomic E-state index is 0.0739. The lowest BCUT2D eigenvalue weighted by Gasteiger charge is -2.30. The molecule has 2 amide bonds. The number of halogens is 1. The molecular formula is C16H23ClN4O3. The fourth-order valence-corrected chi connectivity index (χ4v) is 2.65. The van der Waals surface area contributed by atoms with E-state index in [1.54, 1.807) is 0 Å². The Morgan fingerprint density at radius 3 is 2.08 bits per heavy atom. The molecule has 1 heterocycles. The van der Waals surface area contributed by atoms with Crippen molar-refractivity contribution in [2.24, 2.45) is 0 Å². The summed E-state index contributed by atoms with van der Waals surface area (Å²) in [6, 6.07) is 0.150. The van der Waals surface area contributed by atoms with Gasteiger partial charge in [-0.1, -0.05) is 0 Å². The van der Waals surface area contributed by atoms with Crippen molar-refractivity contribution in [3.8, 4) is 0 Å². The van der Waals surface area contributed by atoms with Crippen LogP contribution >= 0.6 is 11.6 Å². The molecule has 0 aromatic carbocycles. The Morgan fingerprint density at radius 1 is 1.08 bits per heavy atom. The molecule has 2 rings (SSSR count). The van der Waals surface area contributed by atoms with Gasteiger partial charge in [0.2, 0.25) is 5.28 Å². The highest BCUT2D eigenvalue weighted by Gasteiger charge is 2.25. The Labute approximate surface area is 146 Å². The molecule has 0 radical (unpaired) electrons. The number of hydrogen-bond acceptors (Lipinski definition) is 5. The Bertz CT molecular complexity index is 578. The van der Waals surface area contributed by atoms with Crippen LogP contribution in [0.2, 0.25) is 5.28 Å². The molecule has 1 aliphatic rings. The number of carbonyl (C=O) groups excluding carboxylic acids is 2. The van der Waals surface area contributed by atoms with Gasteiger partial charge in [-0.05, 0) is 58.1 Å². The zero-order chi connectivity index (χ0) is 17.7. The molecule has 1 aromatic heterocycles. The van der Waals surface area contributed by atoms with E-state index in [9.17, 15) is 9.59 Å². The van der Waals surface area contributed by atoms with Crippen molar-refractivity contribution in [2.45, 2.75) is 64.1 Å². The summed E-state index contributed by atoms with van der Waals surface area (Å²) >= 11 is 5.61. The number of nitrogens with one attached hydrogen (secondary N) is 2. The second-order valence-electron chi connectivity index (χ2n) is 6.91. The first-order valence-corrected chi connectivity index (χ1v) is 8.38. The van der Waals surface area contributed by atoms with Crippen molar-refractivity contribution < 1.29 is 14.3 Å². The quantitative estimate of drug-likeness (QED) is 0.814. The molecule has 7 nitrogen and oxygen atoms in total. The van der Waals surface area contributed by atoms with Crippen molar-refractivity contribution in [3.63, 3.8) is 0 Å². The van der Waals surface area contributed by atoms with Crippen LogP contribution in [-0.2, 0) is 4.74 Å². The molecule has 24 heavy (non-hydrogen) atoms. The monoisotopic (exact) mass is 354 g/mol. The van der Waals surface area contributed by atoms with E-state index in [-0.39, 0.29) is 23.3 Å². The van der Waals surface area contributed by atoms with Crippen molar-refractivity contribution in [3.05, 3.63) is 23.2 Å². The largest absolute Gasteiger partial charge is 0.444 e. The molecule has 0 spiro atoms. The lowest BCUT2D eigenvalue weighted by atomic mass is 9.91. The van der Waals surface area contributed by atoms with Crippen LogP contribution < -0.4 is 10.6 Å². The second kappa shape index (κ2) is 7.79. The van der Waals surface area contributed by atoms with E-state index in [1.165, 1.54) is 12.4 Å². The maximum absolute atomic E-state index is 12.1. The summed E-state index contributed by atoms with van der Waals surface area (Å²) in [5.74, 6) is -0.213. The molecule has 8 heteroatoms. The van der Waals surface area contributed by atoms with Gasteiger partial charge in [0.25, 0.3) is 5.91 Å². The third-order valence-electron chi connectivity index (χ3n) is 3.67. The maximum atomic E-state index is 12.1. The summed E-state index contributed by atoms with van der Waals surface area (Å²) in [5, 5.41) is 5.95. The lowest BCUT2D eigenvalue weighted by molar-refractivity contribution is 0.0488. The highest BCUT2D eigenvalue weighted by Crippen LogP contribution is 2.20. The van der Waals surface area contributed by atoms with Crippen LogP contribution in [0, 0.1) is 0 Å². The van der Waals surface area contributed by atoms with Gasteiger partial charge in [-0.2, -0.15) is 0 Å². The maximum Gasteiger partial charge on any atom is 0.407 e. The number of hydrogen-bond donors (Lipinski definition) is 2. The number of rotatable bonds is 3. The van der Waals surface area contributed by atoms with Gasteiger partial charge in [-0.3, -0.25) is 4.79 Å². The van der Waals surface area contributed by atoms with Gasteiger partial charge < -0.3 is 15.4 Å². The highest BCUT2D eigenvalue weighted by atomic mass is 35.5. The minimum Gasteiger partial charge on any atom is -0.444 e. The molecule has 0 aliphatic heterocycles. The van der Waals surface area contributed by atoms with Gasteiger partial charge in [0, 0.05) is 24.5 Å². The third kappa shape index (κ3) is 5.96. The molecule has 132 valence electrons. The van der Waals surface area contributed by atoms with Crippen LogP contribution in [0.1, 0.15) is 56.8 Å². The standard InChI is InChI=1S/C16H23ClN4O3/c1-16(2,3)24-15(23)21-12-6-4-11(5-7-12)20-13(22)10-8-18-14(17)19-9-10/h8-9,11-12H,4-7H2,1-3H3,(H,20,22)(H,21,23). The summed E-state index contributed by atoms with van der Waals surface area (Å²) in [6.07, 6.45) is 5.58. The predicted octanol–water partition coefficient (Wildman–Crippen LogP) is 2.70. The van der Waals surface area contributed by atoms with E-state index < -0.39 is 11.7 Å². The number of alkyl carbamates (subject to hydrolysis) is 1. The van der Waals surface area contributed by atoms with Crippen molar-refractivity contribution in [2.75, 3.05) is 0 Å². The van der Waals surface area contributed by atoms with Crippen LogP contribution in [0.5, 0.6) is 0 Å². The topological polar surface area (TPSA) is 93.2 Å². The molecule has 1 aliphatic carbocycles. The molecule has 1 saturated carbocycles. The molecule has 0 atom stereocenters. The van der Waals surface area contributed by atoms with Crippen LogP contribution in [0.3, 0.4) is 0 Å². The van der Waals surface area contributed by atoms with E-state index in [0.717, 1.165) is 25.7 Å². The molecule has 2 N–H and O–H groups in total. The smallest absolute Gasteiger partial charge is 0.407 e. The molecule has 0 bridgehead atoms. The fourth-order valence-electron chi connectivity index (χ4n) is 2.55. The number of ether oxygens (including phenoxy) is 1. The van der Waals surface area contributed by atoms with E-state index in [0.29, 0.717) is 5.56 Å². The van der Waals surface area contributed by atoms with E-state index in [1.807, 2.05) is 20.8 Å². The lowest BCUT2D eigenvalue weighted by Crippen LogP contribution is -2.45. The Kier molecular flexibility index (Phi) is 5.99. The van der Waals surface area contributed by atoms with Gasteiger partial charge in [-0.25, -0.2) is 14.8 Å². The van der Waals surface area contributed by atoms with Crippen LogP contribution in [0.4, 0.5) is 4.79 Å². The number of amides is 2. The zero-order valence-corrected chi connectivity index (χ0v) is 14.9. The summed E-state index contributed by atoms with van der Waals surface area (Å²) in [6.45, 7) is 5.50. The highest BCUT2D eigenvalue weighted by molar-refractivity contribution is 6.28. The van der Waals surface area contributed by atoms with Crippen molar-refractivity contribution in [1.29, 1.82) is 0 Å². The van der Waals surface area contributed by atoms with Gasteiger partial charge in [0.15, 0.2) is 0 Å². The van der Waals surface area contributed by atoms with Crippen LogP contribution in [0.25, 0.3) is 0 Å². The summed E-state index contributed by atoms with van der Waals surface area (Å²) in [4.78, 5) is 31.5. The van der Waals surface area contributed by atoms with E-state index in [4.69, 9.17) is 16.3 Å². The van der Waals surface area contributed by atoms with Crippen molar-refractivity contribution >= 4 is 23.6 Å². The summed E-state index contributed by atoms with van der Waals surface area (Å²) in [5.41, 5.74) is -0.121. The average Bonchev–Trinajstić information content (AvgIpc) is 2.48. The minimum atomic E-state index is -0.504. The molecular weight excluding hydrogens is 332 g/mol. The van der Waals surface area contributed by atoms with Gasteiger partial charge >= 0.3 is 6.09 Å². The van der Waals surface area contributed by atoms with Crippen molar-refractivity contribution in [1.82, 2.24) is 20.6 Å². The predicted molar refractivity (Wildman–Crippen MR) is 89.9 cm³/mol. The number of nitrogens with zero attached hydrogens (tertiary/aromatic N) is 2. The normalized spacial score (nSPS) is 21.0. The third-order valence-corrected chi connectivity index (χ3v) is 3.86. The summed E-state index contributed by atoms with van der Waals surface area (Å²) in [7, 11) is 0. The number of aromatic nitrogens is 2. The fraction of sp³-hybridized carbons (Fsp3) is 0.625. The molecule has 0 saturated heterocycles. The second-order valence-corrected chi connectivity index (χ2v) is 7.25. The first-order valence-electron chi connectivity index (χ1n) is 8.01. The Morgan fingerprint density at radius 2 is 1.58 bits per heavy atom. The van der Waals surface area contributed by atoms with E-state index >= 15 is 0 Å². The average molecular weight is 355 g/mol. The summed E-state index contributed by atoms with van der Waals surface area (Å²) < 4.78 is 5.25. The van der Waals surface area contributed by atoms with Crippen LogP contribution in [-0.4, -0.2) is 39.7 Å². The van der Waals surface area contributed by atoms with Gasteiger partial charge in [-0.15, -0.1) is 0 Å². The molecule has 1 fully saturated rings. The molecule has 0 unspecified atom stereocenters. The SMILES string of the molecule is CC(C)(C)OC(=O)NC1CCC(NC(=O)c2cnc(Cl)nc2)CC1. The number of carbonyl (C=O) groups is 2. The van der Waals surface area contributed by atoms with Gasteiger partial charge in [0.1, 0.15) is 5.60 Å². The zero-order valence-electron chi connectivity index (χ0n) is 14.1. The van der Waals surface area contributed by atoms with Crippen LogP contribution in [0.15, 0.2) is 12.4 Å². The van der Waals surface area contributed by atoms with Gasteiger partial charge in [0.05, 0.1) is 5.56 Å². The Hall–Kier alpha value is -1.89. The van der Waals surface area contributed by atoms with E-state index in [2.05, 4.69) is 20.6 Å². The molecule has 1 aromatic rings. The first kappa shape index (κ1) is 18.4. The first-order chi connectivity index (χ1) is 11.2.